The maximum atomic E-state index is 12.9. The van der Waals surface area contributed by atoms with Gasteiger partial charge in [-0.15, -0.1) is 0 Å². The zero-order chi connectivity index (χ0) is 24.1. The van der Waals surface area contributed by atoms with Crippen molar-refractivity contribution >= 4 is 11.6 Å². The predicted octanol–water partition coefficient (Wildman–Crippen LogP) is 2.18. The fraction of sp³-hybridized carbons (Fsp3) is 0.500. The van der Waals surface area contributed by atoms with E-state index in [1.54, 1.807) is 20.3 Å². The number of amides is 1. The summed E-state index contributed by atoms with van der Waals surface area (Å²) in [6.07, 6.45) is 0. The highest BCUT2D eigenvalue weighted by Gasteiger charge is 2.26. The second-order valence-corrected chi connectivity index (χ2v) is 9.04. The zero-order valence-electron chi connectivity index (χ0n) is 20.5. The Morgan fingerprint density at radius 2 is 1.50 bits per heavy atom. The number of benzene rings is 2. The van der Waals surface area contributed by atoms with Crippen molar-refractivity contribution < 1.29 is 19.4 Å². The SMILES string of the molecule is COc1cc(C)c(CN2CCN(C(=O)CN3CCN(c4ccccc4O)CC3)CC2)cc1OC. The van der Waals surface area contributed by atoms with Crippen molar-refractivity contribution in [2.75, 3.05) is 78.0 Å². The molecule has 0 unspecified atom stereocenters. The van der Waals surface area contributed by atoms with Crippen LogP contribution in [0.5, 0.6) is 17.2 Å². The lowest BCUT2D eigenvalue weighted by Gasteiger charge is -2.38. The highest BCUT2D eigenvalue weighted by atomic mass is 16.5. The molecule has 184 valence electrons. The number of carbonyl (C=O) groups excluding carboxylic acids is 1. The minimum Gasteiger partial charge on any atom is -0.506 e. The summed E-state index contributed by atoms with van der Waals surface area (Å²) in [4.78, 5) is 21.7. The molecule has 34 heavy (non-hydrogen) atoms. The topological polar surface area (TPSA) is 68.7 Å². The van der Waals surface area contributed by atoms with Crippen LogP contribution in [-0.2, 0) is 11.3 Å². The Hall–Kier alpha value is -2.97. The number of hydrogen-bond donors (Lipinski definition) is 1. The standard InChI is InChI=1S/C26H36N4O4/c1-20-16-24(33-2)25(34-3)17-21(20)18-27-10-14-30(15-11-27)26(32)19-28-8-12-29(13-9-28)22-6-4-5-7-23(22)31/h4-7,16-17,31H,8-15,18-19H2,1-3H3. The van der Waals surface area contributed by atoms with Gasteiger partial charge < -0.3 is 24.4 Å². The van der Waals surface area contributed by atoms with Crippen molar-refractivity contribution in [1.29, 1.82) is 0 Å². The van der Waals surface area contributed by atoms with Gasteiger partial charge in [0.15, 0.2) is 11.5 Å². The van der Waals surface area contributed by atoms with Gasteiger partial charge in [0.1, 0.15) is 5.75 Å². The second-order valence-electron chi connectivity index (χ2n) is 9.04. The Balaban J connectivity index is 1.23. The third-order valence-electron chi connectivity index (χ3n) is 6.91. The third-order valence-corrected chi connectivity index (χ3v) is 6.91. The summed E-state index contributed by atoms with van der Waals surface area (Å²) >= 11 is 0. The first-order valence-electron chi connectivity index (χ1n) is 12.0. The van der Waals surface area contributed by atoms with Crippen LogP contribution in [0.25, 0.3) is 0 Å². The monoisotopic (exact) mass is 468 g/mol. The minimum atomic E-state index is 0.206. The number of aryl methyl sites for hydroxylation is 1. The number of hydrogen-bond acceptors (Lipinski definition) is 7. The van der Waals surface area contributed by atoms with Crippen LogP contribution >= 0.6 is 0 Å². The quantitative estimate of drug-likeness (QED) is 0.668. The van der Waals surface area contributed by atoms with Crippen molar-refractivity contribution in [2.45, 2.75) is 13.5 Å². The molecule has 1 amide bonds. The molecular formula is C26H36N4O4. The van der Waals surface area contributed by atoms with Crippen LogP contribution in [0.1, 0.15) is 11.1 Å². The average Bonchev–Trinajstić information content (AvgIpc) is 2.86. The molecule has 8 heteroatoms. The lowest BCUT2D eigenvalue weighted by molar-refractivity contribution is -0.134. The van der Waals surface area contributed by atoms with Gasteiger partial charge in [0, 0.05) is 58.9 Å². The molecule has 4 rings (SSSR count). The highest BCUT2D eigenvalue weighted by Crippen LogP contribution is 2.31. The van der Waals surface area contributed by atoms with E-state index in [1.807, 2.05) is 29.2 Å². The Bertz CT molecular complexity index is 983. The number of phenolic OH excluding ortho intramolecular Hbond substituents is 1. The van der Waals surface area contributed by atoms with Crippen molar-refractivity contribution in [3.8, 4) is 17.2 Å². The average molecular weight is 469 g/mol. The lowest BCUT2D eigenvalue weighted by atomic mass is 10.1. The van der Waals surface area contributed by atoms with E-state index in [2.05, 4.69) is 27.7 Å². The molecule has 0 atom stereocenters. The first-order chi connectivity index (χ1) is 16.5. The van der Waals surface area contributed by atoms with Gasteiger partial charge in [-0.1, -0.05) is 12.1 Å². The third kappa shape index (κ3) is 5.56. The first kappa shape index (κ1) is 24.2. The highest BCUT2D eigenvalue weighted by molar-refractivity contribution is 5.78. The van der Waals surface area contributed by atoms with Gasteiger partial charge in [-0.25, -0.2) is 0 Å². The van der Waals surface area contributed by atoms with Gasteiger partial charge in [-0.05, 0) is 42.3 Å². The summed E-state index contributed by atoms with van der Waals surface area (Å²) in [7, 11) is 3.31. The van der Waals surface area contributed by atoms with Crippen molar-refractivity contribution in [3.63, 3.8) is 0 Å². The molecule has 0 aromatic heterocycles. The summed E-state index contributed by atoms with van der Waals surface area (Å²) in [5.41, 5.74) is 3.27. The summed E-state index contributed by atoms with van der Waals surface area (Å²) < 4.78 is 10.9. The van der Waals surface area contributed by atoms with Crippen LogP contribution in [0.15, 0.2) is 36.4 Å². The van der Waals surface area contributed by atoms with Crippen LogP contribution < -0.4 is 14.4 Å². The number of para-hydroxylation sites is 2. The lowest BCUT2D eigenvalue weighted by Crippen LogP contribution is -2.53. The first-order valence-corrected chi connectivity index (χ1v) is 12.0. The molecule has 0 aliphatic carbocycles. The Morgan fingerprint density at radius 3 is 2.15 bits per heavy atom. The molecule has 2 fully saturated rings. The van der Waals surface area contributed by atoms with E-state index in [4.69, 9.17) is 9.47 Å². The fourth-order valence-corrected chi connectivity index (χ4v) is 4.76. The van der Waals surface area contributed by atoms with Crippen LogP contribution in [0.4, 0.5) is 5.69 Å². The van der Waals surface area contributed by atoms with E-state index in [0.29, 0.717) is 12.3 Å². The number of nitrogens with zero attached hydrogens (tertiary/aromatic N) is 4. The minimum absolute atomic E-state index is 0.206. The van der Waals surface area contributed by atoms with Gasteiger partial charge in [0.25, 0.3) is 0 Å². The van der Waals surface area contributed by atoms with Crippen molar-refractivity contribution in [1.82, 2.24) is 14.7 Å². The Kier molecular flexibility index (Phi) is 7.80. The summed E-state index contributed by atoms with van der Waals surface area (Å²) in [6.45, 7) is 9.87. The number of phenols is 1. The van der Waals surface area contributed by atoms with Gasteiger partial charge in [0.05, 0.1) is 26.5 Å². The molecule has 0 spiro atoms. The molecule has 8 nitrogen and oxygen atoms in total. The summed E-state index contributed by atoms with van der Waals surface area (Å²) in [5, 5.41) is 10.1. The van der Waals surface area contributed by atoms with E-state index in [1.165, 1.54) is 11.1 Å². The Morgan fingerprint density at radius 1 is 0.882 bits per heavy atom. The van der Waals surface area contributed by atoms with E-state index < -0.39 is 0 Å². The number of carbonyl (C=O) groups is 1. The molecule has 0 saturated carbocycles. The number of rotatable bonds is 7. The molecule has 2 aromatic rings. The number of aromatic hydroxyl groups is 1. The van der Waals surface area contributed by atoms with E-state index in [-0.39, 0.29) is 5.91 Å². The molecule has 2 aromatic carbocycles. The van der Waals surface area contributed by atoms with Crippen LogP contribution in [0.2, 0.25) is 0 Å². The molecule has 2 aliphatic rings. The Labute approximate surface area is 202 Å². The zero-order valence-corrected chi connectivity index (χ0v) is 20.5. The smallest absolute Gasteiger partial charge is 0.236 e. The van der Waals surface area contributed by atoms with E-state index in [0.717, 1.165) is 76.1 Å². The maximum Gasteiger partial charge on any atom is 0.236 e. The predicted molar refractivity (Wildman–Crippen MR) is 133 cm³/mol. The van der Waals surface area contributed by atoms with Crippen LogP contribution in [0, 0.1) is 6.92 Å². The maximum absolute atomic E-state index is 12.9. The number of anilines is 1. The molecule has 0 radical (unpaired) electrons. The van der Waals surface area contributed by atoms with Crippen LogP contribution in [0.3, 0.4) is 0 Å². The van der Waals surface area contributed by atoms with Crippen LogP contribution in [-0.4, -0.2) is 98.8 Å². The van der Waals surface area contributed by atoms with Gasteiger partial charge in [0.2, 0.25) is 5.91 Å². The molecular weight excluding hydrogens is 432 g/mol. The van der Waals surface area contributed by atoms with Crippen molar-refractivity contribution in [3.05, 3.63) is 47.5 Å². The van der Waals surface area contributed by atoms with E-state index in [9.17, 15) is 9.90 Å². The summed E-state index contributed by atoms with van der Waals surface area (Å²) in [5.74, 6) is 2.02. The molecule has 2 aliphatic heterocycles. The molecule has 2 heterocycles. The van der Waals surface area contributed by atoms with Gasteiger partial charge >= 0.3 is 0 Å². The van der Waals surface area contributed by atoms with Gasteiger partial charge in [-0.3, -0.25) is 14.6 Å². The normalized spacial score (nSPS) is 17.6. The van der Waals surface area contributed by atoms with E-state index >= 15 is 0 Å². The largest absolute Gasteiger partial charge is 0.506 e. The van der Waals surface area contributed by atoms with Crippen molar-refractivity contribution in [2.24, 2.45) is 0 Å². The molecule has 0 bridgehead atoms. The number of methoxy groups -OCH3 is 2. The second kappa shape index (κ2) is 11.0. The van der Waals surface area contributed by atoms with Gasteiger partial charge in [-0.2, -0.15) is 0 Å². The molecule has 2 saturated heterocycles. The summed E-state index contributed by atoms with van der Waals surface area (Å²) in [6, 6.07) is 11.5. The fourth-order valence-electron chi connectivity index (χ4n) is 4.76. The number of piperazine rings is 2. The molecule has 1 N–H and O–H groups in total. The number of ether oxygens (including phenoxy) is 2.